The smallest absolute Gasteiger partial charge is 0.294 e. The van der Waals surface area contributed by atoms with Gasteiger partial charge in [-0.2, -0.15) is 0 Å². The summed E-state index contributed by atoms with van der Waals surface area (Å²) in [7, 11) is -3.85. The van der Waals surface area contributed by atoms with E-state index in [2.05, 4.69) is 0 Å². The minimum Gasteiger partial charge on any atom is -0.294 e. The van der Waals surface area contributed by atoms with Gasteiger partial charge in [-0.05, 0) is 0 Å². The molecule has 0 saturated heterocycles. The molecule has 4 aliphatic heterocycles. The van der Waals surface area contributed by atoms with Gasteiger partial charge in [0.2, 0.25) is 0 Å². The molecule has 0 aliphatic carbocycles. The molecule has 4 aliphatic rings. The molecule has 8 nitrogen and oxygen atoms in total. The van der Waals surface area contributed by atoms with E-state index < -0.39 is 7.02 Å². The third-order valence-electron chi connectivity index (χ3n) is 8.29. The third kappa shape index (κ3) is 3.00. The number of benzene rings is 4. The van der Waals surface area contributed by atoms with Gasteiger partial charge in [0.1, 0.15) is 22.6 Å². The summed E-state index contributed by atoms with van der Waals surface area (Å²) in [5.74, 6) is 3.34. The maximum atomic E-state index is 7.77. The summed E-state index contributed by atoms with van der Waals surface area (Å²) in [6, 6.07) is 32.0. The Balaban J connectivity index is 1.53. The second-order valence-electron chi connectivity index (χ2n) is 10.6. The largest absolute Gasteiger partial charge is 0.483 e. The summed E-state index contributed by atoms with van der Waals surface area (Å²) in [5.41, 5.74) is 4.71. The van der Waals surface area contributed by atoms with Crippen molar-refractivity contribution >= 4 is 85.7 Å². The quantitative estimate of drug-likeness (QED) is 0.153. The first-order valence-corrected chi connectivity index (χ1v) is 17.6. The minimum atomic E-state index is -3.85. The Labute approximate surface area is 253 Å². The summed E-state index contributed by atoms with van der Waals surface area (Å²) in [4.78, 5) is 30.7. The zero-order chi connectivity index (χ0) is 28.4. The van der Waals surface area contributed by atoms with Crippen molar-refractivity contribution in [2.24, 2.45) is 30.0 Å². The lowest BCUT2D eigenvalue weighted by Gasteiger charge is -2.24. The highest BCUT2D eigenvalue weighted by Gasteiger charge is 2.45. The molecule has 0 atom stereocenters. The molecule has 43 heavy (non-hydrogen) atoms. The van der Waals surface area contributed by atoms with Crippen molar-refractivity contribution in [1.82, 2.24) is 8.47 Å². The molecule has 0 amide bonds. The number of aliphatic imine (C=N–C) groups is 4. The van der Waals surface area contributed by atoms with E-state index in [9.17, 15) is 0 Å². The average Bonchev–Trinajstić information content (AvgIpc) is 3.74. The van der Waals surface area contributed by atoms with E-state index in [-0.39, 0.29) is 0 Å². The Morgan fingerprint density at radius 3 is 1.16 bits per heavy atom. The van der Waals surface area contributed by atoms with Crippen LogP contribution in [0.25, 0.3) is 21.5 Å². The van der Waals surface area contributed by atoms with E-state index in [1.807, 2.05) is 106 Å². The summed E-state index contributed by atoms with van der Waals surface area (Å²) >= 11 is 15.5. The predicted molar refractivity (Wildman–Crippen MR) is 173 cm³/mol. The fraction of sp³-hybridized carbons (Fsp3) is 0. The van der Waals surface area contributed by atoms with Crippen molar-refractivity contribution in [2.45, 2.75) is 0 Å². The van der Waals surface area contributed by atoms with E-state index in [4.69, 9.17) is 52.1 Å². The molecule has 6 heterocycles. The first kappa shape index (κ1) is 23.6. The van der Waals surface area contributed by atoms with Gasteiger partial charge in [-0.3, -0.25) is 8.47 Å². The monoisotopic (exact) mass is 610 g/mol. The molecular formula is C32H16Cl2N8Si. The van der Waals surface area contributed by atoms with E-state index in [1.165, 1.54) is 0 Å². The van der Waals surface area contributed by atoms with Crippen molar-refractivity contribution in [3.8, 4) is 0 Å². The predicted octanol–water partition coefficient (Wildman–Crippen LogP) is 5.85. The zero-order valence-electron chi connectivity index (χ0n) is 22.1. The molecule has 2 aromatic heterocycles. The van der Waals surface area contributed by atoms with Crippen molar-refractivity contribution < 1.29 is 0 Å². The molecule has 0 saturated carbocycles. The van der Waals surface area contributed by atoms with Crippen LogP contribution >= 0.6 is 22.2 Å². The first-order valence-electron chi connectivity index (χ1n) is 13.7. The molecule has 0 spiro atoms. The van der Waals surface area contributed by atoms with Gasteiger partial charge in [-0.1, -0.05) is 119 Å². The Hall–Kier alpha value is -4.96. The lowest BCUT2D eigenvalue weighted by molar-refractivity contribution is 0.973. The zero-order valence-corrected chi connectivity index (χ0v) is 24.6. The normalized spacial score (nSPS) is 16.8. The average molecular weight is 612 g/mol. The molecule has 6 aromatic rings. The van der Waals surface area contributed by atoms with Crippen LogP contribution in [0.15, 0.2) is 127 Å². The number of halogens is 2. The number of amidine groups is 4. The number of rotatable bonds is 0. The number of nitrogens with zero attached hydrogens (tertiary/aromatic N) is 8. The third-order valence-corrected chi connectivity index (χ3v) is 12.2. The summed E-state index contributed by atoms with van der Waals surface area (Å²) in [6.45, 7) is 0. The van der Waals surface area contributed by atoms with Gasteiger partial charge in [0.05, 0.1) is 0 Å². The van der Waals surface area contributed by atoms with Gasteiger partial charge in [-0.25, -0.2) is 30.0 Å². The van der Waals surface area contributed by atoms with Gasteiger partial charge in [0.25, 0.3) is 0 Å². The van der Waals surface area contributed by atoms with Crippen LogP contribution < -0.4 is 11.0 Å². The molecule has 0 fully saturated rings. The first-order chi connectivity index (χ1) is 21.1. The molecule has 0 radical (unpaired) electrons. The summed E-state index contributed by atoms with van der Waals surface area (Å²) in [6.07, 6.45) is 0. The van der Waals surface area contributed by atoms with Crippen LogP contribution in [-0.4, -0.2) is 38.8 Å². The van der Waals surface area contributed by atoms with Crippen LogP contribution in [0, 0.1) is 0 Å². The van der Waals surface area contributed by atoms with Gasteiger partial charge >= 0.3 is 7.02 Å². The number of fused-ring (bicyclic) bond motifs is 14. The SMILES string of the molecule is Cl[Si]1(Cl)n2c3c4ccccc4c2N=C2N=C(N=c4c5ccccc5c(n41)=NC1=NC(=N3)c3ccccc31)c1ccccc12. The molecule has 0 N–H and O–H groups in total. The van der Waals surface area contributed by atoms with E-state index in [1.54, 1.807) is 0 Å². The Morgan fingerprint density at radius 1 is 0.395 bits per heavy atom. The fourth-order valence-corrected chi connectivity index (χ4v) is 10.2. The summed E-state index contributed by atoms with van der Waals surface area (Å²) in [5, 5.41) is 3.44. The Morgan fingerprint density at radius 2 is 0.744 bits per heavy atom. The summed E-state index contributed by atoms with van der Waals surface area (Å²) < 4.78 is 3.78. The molecule has 0 unspecified atom stereocenters. The molecule has 10 rings (SSSR count). The van der Waals surface area contributed by atoms with Crippen molar-refractivity contribution in [3.05, 3.63) is 130 Å². The van der Waals surface area contributed by atoms with Gasteiger partial charge < -0.3 is 0 Å². The highest BCUT2D eigenvalue weighted by molar-refractivity contribution is 7.44. The van der Waals surface area contributed by atoms with E-state index in [0.29, 0.717) is 46.0 Å². The van der Waals surface area contributed by atoms with Gasteiger partial charge in [0, 0.05) is 43.8 Å². The topological polar surface area (TPSA) is 84.0 Å². The van der Waals surface area contributed by atoms with E-state index in [0.717, 1.165) is 43.8 Å². The van der Waals surface area contributed by atoms with Crippen LogP contribution in [0.3, 0.4) is 0 Å². The Bertz CT molecular complexity index is 2390. The molecule has 202 valence electrons. The second kappa shape index (κ2) is 8.10. The lowest BCUT2D eigenvalue weighted by atomic mass is 10.1. The number of hydrogen-bond acceptors (Lipinski definition) is 6. The van der Waals surface area contributed by atoms with Crippen LogP contribution in [0.5, 0.6) is 0 Å². The van der Waals surface area contributed by atoms with Crippen molar-refractivity contribution in [3.63, 3.8) is 0 Å². The lowest BCUT2D eigenvalue weighted by Crippen LogP contribution is -2.51. The minimum absolute atomic E-state index is 0.545. The number of hydrogen-bond donors (Lipinski definition) is 0. The second-order valence-corrected chi connectivity index (χ2v) is 16.3. The molecule has 4 aromatic carbocycles. The highest BCUT2D eigenvalue weighted by atomic mass is 35.7. The van der Waals surface area contributed by atoms with Crippen molar-refractivity contribution in [2.75, 3.05) is 0 Å². The van der Waals surface area contributed by atoms with E-state index >= 15 is 0 Å². The van der Waals surface area contributed by atoms with Crippen LogP contribution in [-0.2, 0) is 0 Å². The standard InChI is InChI=1S/C32H16Cl2N8Si/c33-43(34)41-29-21-13-5-6-14-22(21)31(41)39-27-19-11-3-4-12-20(19)28(36-27)40-32-24-16-8-7-15-23(24)30(42(32)43)38-26-18-10-2-1-9-17(18)25(35-26)37-29/h1-16H. The highest BCUT2D eigenvalue weighted by Crippen LogP contribution is 2.44. The van der Waals surface area contributed by atoms with Gasteiger partial charge in [-0.15, -0.1) is 0 Å². The van der Waals surface area contributed by atoms with Crippen molar-refractivity contribution in [1.29, 1.82) is 0 Å². The molecular weight excluding hydrogens is 595 g/mol. The molecule has 11 heteroatoms. The fourth-order valence-electron chi connectivity index (χ4n) is 6.41. The maximum absolute atomic E-state index is 7.77. The van der Waals surface area contributed by atoms with Crippen LogP contribution in [0.4, 0.5) is 11.6 Å². The maximum Gasteiger partial charge on any atom is 0.483 e. The molecule has 6 bridgehead atoms. The van der Waals surface area contributed by atoms with Crippen LogP contribution in [0.2, 0.25) is 0 Å². The number of aromatic nitrogens is 2. The van der Waals surface area contributed by atoms with Crippen LogP contribution in [0.1, 0.15) is 22.3 Å². The Kier molecular flexibility index (Phi) is 4.44. The van der Waals surface area contributed by atoms with Gasteiger partial charge in [0.15, 0.2) is 23.3 Å².